The van der Waals surface area contributed by atoms with Crippen LogP contribution >= 0.6 is 0 Å². The van der Waals surface area contributed by atoms with Crippen molar-refractivity contribution >= 4 is 10.8 Å². The summed E-state index contributed by atoms with van der Waals surface area (Å²) in [5.41, 5.74) is 8.14. The first-order chi connectivity index (χ1) is 19.3. The second-order valence-corrected chi connectivity index (χ2v) is 11.8. The Morgan fingerprint density at radius 3 is 1.68 bits per heavy atom. The minimum Gasteiger partial charge on any atom is -0.208 e. The first-order valence-electron chi connectivity index (χ1n) is 13.9. The monoisotopic (exact) mass is 517 g/mol. The molecule has 6 aromatic rings. The largest absolute Gasteiger partial charge is 0.208 e. The van der Waals surface area contributed by atoms with Gasteiger partial charge in [0.1, 0.15) is 0 Å². The summed E-state index contributed by atoms with van der Waals surface area (Å²) in [6.07, 6.45) is 0. The second-order valence-electron chi connectivity index (χ2n) is 11.8. The van der Waals surface area contributed by atoms with Gasteiger partial charge in [0.15, 0.2) is 17.5 Å². The van der Waals surface area contributed by atoms with Crippen LogP contribution in [0.4, 0.5) is 0 Å². The molecule has 7 rings (SSSR count). The van der Waals surface area contributed by atoms with Crippen LogP contribution in [0.5, 0.6) is 0 Å². The Kier molecular flexibility index (Phi) is 5.47. The molecule has 0 atom stereocenters. The zero-order chi connectivity index (χ0) is 27.5. The van der Waals surface area contributed by atoms with Crippen LogP contribution in [0.15, 0.2) is 115 Å². The molecule has 194 valence electrons. The van der Waals surface area contributed by atoms with E-state index in [-0.39, 0.29) is 10.8 Å². The quantitative estimate of drug-likeness (QED) is 0.235. The van der Waals surface area contributed by atoms with Gasteiger partial charge in [-0.3, -0.25) is 0 Å². The molecule has 0 aliphatic heterocycles. The van der Waals surface area contributed by atoms with Gasteiger partial charge >= 0.3 is 0 Å². The molecule has 3 heteroatoms. The first-order valence-corrected chi connectivity index (χ1v) is 13.9. The summed E-state index contributed by atoms with van der Waals surface area (Å²) >= 11 is 0. The average Bonchev–Trinajstić information content (AvgIpc) is 3.00. The number of nitrogens with zero attached hydrogens (tertiary/aromatic N) is 3. The second kappa shape index (κ2) is 8.96. The number of hydrogen-bond donors (Lipinski definition) is 0. The van der Waals surface area contributed by atoms with Gasteiger partial charge in [-0.2, -0.15) is 0 Å². The molecular formula is C37H31N3. The molecule has 5 aromatic carbocycles. The molecule has 0 spiro atoms. The Hall–Kier alpha value is -4.63. The van der Waals surface area contributed by atoms with Crippen LogP contribution in [-0.2, 0) is 10.8 Å². The van der Waals surface area contributed by atoms with Crippen molar-refractivity contribution in [1.82, 2.24) is 15.0 Å². The Morgan fingerprint density at radius 2 is 0.925 bits per heavy atom. The molecule has 0 fully saturated rings. The highest BCUT2D eigenvalue weighted by atomic mass is 15.0. The van der Waals surface area contributed by atoms with E-state index in [0.29, 0.717) is 17.5 Å². The molecule has 0 amide bonds. The van der Waals surface area contributed by atoms with Crippen molar-refractivity contribution in [3.63, 3.8) is 0 Å². The van der Waals surface area contributed by atoms with Crippen LogP contribution in [0.2, 0.25) is 0 Å². The number of rotatable bonds is 3. The third kappa shape index (κ3) is 3.76. The lowest BCUT2D eigenvalue weighted by atomic mass is 9.55. The van der Waals surface area contributed by atoms with Crippen LogP contribution in [0.1, 0.15) is 38.8 Å². The summed E-state index contributed by atoms with van der Waals surface area (Å²) in [7, 11) is 0. The fourth-order valence-electron chi connectivity index (χ4n) is 6.05. The van der Waals surface area contributed by atoms with E-state index < -0.39 is 0 Å². The van der Waals surface area contributed by atoms with E-state index in [9.17, 15) is 0 Å². The van der Waals surface area contributed by atoms with Gasteiger partial charge in [-0.05, 0) is 56.0 Å². The molecular weight excluding hydrogens is 486 g/mol. The lowest BCUT2D eigenvalue weighted by Crippen LogP contribution is -2.43. The summed E-state index contributed by atoms with van der Waals surface area (Å²) in [5, 5.41) is 2.36. The van der Waals surface area contributed by atoms with Crippen molar-refractivity contribution in [2.45, 2.75) is 38.5 Å². The van der Waals surface area contributed by atoms with Gasteiger partial charge < -0.3 is 0 Å². The molecule has 0 saturated heterocycles. The Bertz CT molecular complexity index is 1900. The molecule has 0 N–H and O–H groups in total. The van der Waals surface area contributed by atoms with Crippen LogP contribution < -0.4 is 0 Å². The zero-order valence-corrected chi connectivity index (χ0v) is 23.3. The van der Waals surface area contributed by atoms with E-state index in [1.807, 2.05) is 18.2 Å². The lowest BCUT2D eigenvalue weighted by Gasteiger charge is -2.48. The van der Waals surface area contributed by atoms with E-state index in [1.54, 1.807) is 0 Å². The summed E-state index contributed by atoms with van der Waals surface area (Å²) in [6.45, 7) is 9.43. The van der Waals surface area contributed by atoms with Crippen LogP contribution in [0.3, 0.4) is 0 Å². The van der Waals surface area contributed by atoms with Crippen molar-refractivity contribution in [3.05, 3.63) is 126 Å². The predicted octanol–water partition coefficient (Wildman–Crippen LogP) is 9.26. The van der Waals surface area contributed by atoms with Crippen molar-refractivity contribution in [3.8, 4) is 45.3 Å². The maximum absolute atomic E-state index is 5.06. The van der Waals surface area contributed by atoms with Gasteiger partial charge in [0.25, 0.3) is 0 Å². The van der Waals surface area contributed by atoms with E-state index in [2.05, 4.69) is 125 Å². The van der Waals surface area contributed by atoms with Gasteiger partial charge in [-0.1, -0.05) is 131 Å². The standard InChI is InChI=1S/C37H31N3/c1-36(2)31-17-11-10-16-29(31)30-21-20-28(23-32(30)37(36,3)4)35-39-33(25-13-6-5-7-14-25)38-34(40-35)27-19-18-24-12-8-9-15-26(24)22-27/h5-23H,1-4H3. The van der Waals surface area contributed by atoms with Crippen molar-refractivity contribution < 1.29 is 0 Å². The van der Waals surface area contributed by atoms with Gasteiger partial charge in [-0.25, -0.2) is 15.0 Å². The average molecular weight is 518 g/mol. The smallest absolute Gasteiger partial charge is 0.164 e. The number of hydrogen-bond acceptors (Lipinski definition) is 3. The first kappa shape index (κ1) is 24.4. The van der Waals surface area contributed by atoms with E-state index in [1.165, 1.54) is 33.0 Å². The zero-order valence-electron chi connectivity index (χ0n) is 23.3. The van der Waals surface area contributed by atoms with Gasteiger partial charge in [-0.15, -0.1) is 0 Å². The summed E-state index contributed by atoms with van der Waals surface area (Å²) < 4.78 is 0. The molecule has 3 nitrogen and oxygen atoms in total. The number of aromatic nitrogens is 3. The lowest BCUT2D eigenvalue weighted by molar-refractivity contribution is 0.299. The molecule has 0 unspecified atom stereocenters. The maximum Gasteiger partial charge on any atom is 0.164 e. The topological polar surface area (TPSA) is 38.7 Å². The van der Waals surface area contributed by atoms with E-state index in [4.69, 9.17) is 15.0 Å². The van der Waals surface area contributed by atoms with E-state index in [0.717, 1.165) is 16.7 Å². The molecule has 0 radical (unpaired) electrons. The van der Waals surface area contributed by atoms with Crippen molar-refractivity contribution in [1.29, 1.82) is 0 Å². The highest BCUT2D eigenvalue weighted by Gasteiger charge is 2.45. The summed E-state index contributed by atoms with van der Waals surface area (Å²) in [5.74, 6) is 2.04. The molecule has 1 heterocycles. The number of fused-ring (bicyclic) bond motifs is 4. The fourth-order valence-corrected chi connectivity index (χ4v) is 6.05. The fraction of sp³-hybridized carbons (Fsp3) is 0.162. The highest BCUT2D eigenvalue weighted by Crippen LogP contribution is 2.54. The van der Waals surface area contributed by atoms with Crippen LogP contribution in [-0.4, -0.2) is 15.0 Å². The SMILES string of the molecule is CC1(C)c2ccccc2-c2ccc(-c3nc(-c4ccccc4)nc(-c4ccc5ccccc5c4)n3)cc2C1(C)C. The van der Waals surface area contributed by atoms with E-state index >= 15 is 0 Å². The predicted molar refractivity (Wildman–Crippen MR) is 165 cm³/mol. The summed E-state index contributed by atoms with van der Waals surface area (Å²) in [4.78, 5) is 15.0. The molecule has 1 aromatic heterocycles. The molecule has 0 saturated carbocycles. The number of benzene rings is 5. The molecule has 1 aliphatic rings. The maximum atomic E-state index is 5.06. The Labute approximate surface area is 235 Å². The normalized spacial score (nSPS) is 14.9. The van der Waals surface area contributed by atoms with Gasteiger partial charge in [0.05, 0.1) is 0 Å². The molecule has 40 heavy (non-hydrogen) atoms. The Balaban J connectivity index is 1.44. The third-order valence-electron chi connectivity index (χ3n) is 9.08. The van der Waals surface area contributed by atoms with Crippen LogP contribution in [0, 0.1) is 0 Å². The molecule has 0 bridgehead atoms. The molecule has 1 aliphatic carbocycles. The highest BCUT2D eigenvalue weighted by molar-refractivity contribution is 5.87. The minimum absolute atomic E-state index is 0.0419. The minimum atomic E-state index is -0.0941. The van der Waals surface area contributed by atoms with Crippen molar-refractivity contribution in [2.75, 3.05) is 0 Å². The Morgan fingerprint density at radius 1 is 0.400 bits per heavy atom. The summed E-state index contributed by atoms with van der Waals surface area (Å²) in [6, 6.07) is 40.5. The van der Waals surface area contributed by atoms with Crippen molar-refractivity contribution in [2.24, 2.45) is 0 Å². The van der Waals surface area contributed by atoms with Crippen LogP contribution in [0.25, 0.3) is 56.1 Å². The van der Waals surface area contributed by atoms with Gasteiger partial charge in [0, 0.05) is 16.7 Å². The third-order valence-corrected chi connectivity index (χ3v) is 9.08. The van der Waals surface area contributed by atoms with Gasteiger partial charge in [0.2, 0.25) is 0 Å².